The van der Waals surface area contributed by atoms with E-state index in [-0.39, 0.29) is 12.2 Å². The van der Waals surface area contributed by atoms with Gasteiger partial charge in [-0.3, -0.25) is 0 Å². The van der Waals surface area contributed by atoms with E-state index in [1.807, 2.05) is 13.8 Å². The van der Waals surface area contributed by atoms with Crippen molar-refractivity contribution in [1.29, 1.82) is 0 Å². The summed E-state index contributed by atoms with van der Waals surface area (Å²) in [6.07, 6.45) is -4.66. The van der Waals surface area contributed by atoms with Crippen molar-refractivity contribution >= 4 is 16.7 Å². The van der Waals surface area contributed by atoms with Crippen molar-refractivity contribution < 1.29 is 31.8 Å². The summed E-state index contributed by atoms with van der Waals surface area (Å²) in [5.41, 5.74) is -0.926. The Morgan fingerprint density at radius 2 is 1.71 bits per heavy atom. The molecule has 1 aromatic heterocycles. The van der Waals surface area contributed by atoms with Gasteiger partial charge in [-0.15, -0.1) is 0 Å². The van der Waals surface area contributed by atoms with Crippen molar-refractivity contribution in [2.45, 2.75) is 45.5 Å². The molecule has 3 aromatic rings. The molecule has 34 heavy (non-hydrogen) atoms. The van der Waals surface area contributed by atoms with Crippen LogP contribution in [-0.4, -0.2) is 36.4 Å². The second-order valence-electron chi connectivity index (χ2n) is 8.53. The van der Waals surface area contributed by atoms with E-state index in [9.17, 15) is 17.6 Å². The molecule has 2 aromatic carbocycles. The third-order valence-electron chi connectivity index (χ3n) is 5.32. The molecule has 10 heteroatoms. The number of anilines is 1. The summed E-state index contributed by atoms with van der Waals surface area (Å²) in [6.45, 7) is 7.30. The Hall–Kier alpha value is -3.14. The summed E-state index contributed by atoms with van der Waals surface area (Å²) in [7, 11) is 3.09. The predicted molar refractivity (Wildman–Crippen MR) is 121 cm³/mol. The van der Waals surface area contributed by atoms with Gasteiger partial charge in [-0.25, -0.2) is 14.4 Å². The van der Waals surface area contributed by atoms with Crippen LogP contribution in [0.25, 0.3) is 10.9 Å². The lowest BCUT2D eigenvalue weighted by atomic mass is 10.0. The Labute approximate surface area is 195 Å². The number of rotatable bonds is 8. The standard InChI is InChI=1S/C24H27F4N3O3/c1-13(15-7-16(24(26,27)28)9-17(25)8-15)29-22-18-10-21(34-12-23(3,4)33-6)20(32-5)11-19(18)30-14(2)31-22/h7-11,13H,12H2,1-6H3,(H,29,30,31)/t13-/m1/s1. The fraction of sp³-hybridized carbons (Fsp3) is 0.417. The Morgan fingerprint density at radius 3 is 2.32 bits per heavy atom. The van der Waals surface area contributed by atoms with Crippen molar-refractivity contribution in [2.75, 3.05) is 26.1 Å². The molecule has 0 amide bonds. The van der Waals surface area contributed by atoms with Gasteiger partial charge in [-0.1, -0.05) is 0 Å². The second kappa shape index (κ2) is 9.61. The minimum absolute atomic E-state index is 0.128. The lowest BCUT2D eigenvalue weighted by molar-refractivity contribution is -0.137. The van der Waals surface area contributed by atoms with Crippen LogP contribution >= 0.6 is 0 Å². The zero-order chi connectivity index (χ0) is 25.3. The maximum atomic E-state index is 13.9. The van der Waals surface area contributed by atoms with Crippen molar-refractivity contribution in [2.24, 2.45) is 0 Å². The summed E-state index contributed by atoms with van der Waals surface area (Å²) in [5, 5.41) is 3.66. The maximum Gasteiger partial charge on any atom is 0.416 e. The lowest BCUT2D eigenvalue weighted by Gasteiger charge is -2.24. The smallest absolute Gasteiger partial charge is 0.416 e. The van der Waals surface area contributed by atoms with Gasteiger partial charge in [-0.05, 0) is 57.5 Å². The molecule has 6 nitrogen and oxygen atoms in total. The van der Waals surface area contributed by atoms with Crippen LogP contribution in [0.3, 0.4) is 0 Å². The first-order valence-corrected chi connectivity index (χ1v) is 10.5. The topological polar surface area (TPSA) is 65.5 Å². The summed E-state index contributed by atoms with van der Waals surface area (Å²) in [6, 6.07) is 5.15. The molecule has 184 valence electrons. The normalized spacial score (nSPS) is 13.1. The molecular formula is C24H27F4N3O3. The van der Waals surface area contributed by atoms with Crippen LogP contribution in [0.4, 0.5) is 23.4 Å². The second-order valence-corrected chi connectivity index (χ2v) is 8.53. The molecule has 1 heterocycles. The van der Waals surface area contributed by atoms with Crippen LogP contribution in [0, 0.1) is 12.7 Å². The first-order valence-electron chi connectivity index (χ1n) is 10.5. The van der Waals surface area contributed by atoms with E-state index in [1.54, 1.807) is 33.1 Å². The quantitative estimate of drug-likeness (QED) is 0.393. The van der Waals surface area contributed by atoms with E-state index in [4.69, 9.17) is 14.2 Å². The van der Waals surface area contributed by atoms with E-state index in [1.165, 1.54) is 7.11 Å². The fourth-order valence-corrected chi connectivity index (χ4v) is 3.26. The van der Waals surface area contributed by atoms with Gasteiger partial charge in [-0.2, -0.15) is 13.2 Å². The fourth-order valence-electron chi connectivity index (χ4n) is 3.26. The van der Waals surface area contributed by atoms with Crippen molar-refractivity contribution in [3.63, 3.8) is 0 Å². The molecule has 0 aliphatic rings. The zero-order valence-corrected chi connectivity index (χ0v) is 19.8. The number of fused-ring (bicyclic) bond motifs is 1. The zero-order valence-electron chi connectivity index (χ0n) is 19.8. The maximum absolute atomic E-state index is 13.9. The van der Waals surface area contributed by atoms with Crippen LogP contribution in [0.15, 0.2) is 30.3 Å². The number of methoxy groups -OCH3 is 2. The Morgan fingerprint density at radius 1 is 1.00 bits per heavy atom. The van der Waals surface area contributed by atoms with Gasteiger partial charge in [0.05, 0.1) is 29.8 Å². The summed E-state index contributed by atoms with van der Waals surface area (Å²) in [4.78, 5) is 8.85. The molecular weight excluding hydrogens is 454 g/mol. The minimum atomic E-state index is -4.66. The molecule has 3 rings (SSSR count). The highest BCUT2D eigenvalue weighted by molar-refractivity contribution is 5.92. The molecule has 0 radical (unpaired) electrons. The van der Waals surface area contributed by atoms with Crippen molar-refractivity contribution in [3.05, 3.63) is 53.1 Å². The highest BCUT2D eigenvalue weighted by Gasteiger charge is 2.32. The third-order valence-corrected chi connectivity index (χ3v) is 5.32. The molecule has 0 saturated heterocycles. The van der Waals surface area contributed by atoms with Crippen molar-refractivity contribution in [3.8, 4) is 11.5 Å². The van der Waals surface area contributed by atoms with Gasteiger partial charge < -0.3 is 19.5 Å². The van der Waals surface area contributed by atoms with Gasteiger partial charge in [0.25, 0.3) is 0 Å². The summed E-state index contributed by atoms with van der Waals surface area (Å²) < 4.78 is 70.2. The van der Waals surface area contributed by atoms with E-state index in [0.717, 1.165) is 12.1 Å². The van der Waals surface area contributed by atoms with Gasteiger partial charge in [0, 0.05) is 18.6 Å². The molecule has 0 fully saturated rings. The Kier molecular flexibility index (Phi) is 7.21. The number of benzene rings is 2. The van der Waals surface area contributed by atoms with Crippen LogP contribution < -0.4 is 14.8 Å². The third kappa shape index (κ3) is 5.85. The van der Waals surface area contributed by atoms with E-state index in [2.05, 4.69) is 15.3 Å². The number of hydrogen-bond donors (Lipinski definition) is 1. The van der Waals surface area contributed by atoms with E-state index in [0.29, 0.717) is 40.1 Å². The number of alkyl halides is 3. The number of aryl methyl sites for hydroxylation is 1. The number of nitrogens with zero attached hydrogens (tertiary/aromatic N) is 2. The molecule has 1 N–H and O–H groups in total. The molecule has 0 unspecified atom stereocenters. The van der Waals surface area contributed by atoms with Gasteiger partial charge in [0.15, 0.2) is 11.5 Å². The Bertz CT molecular complexity index is 1180. The van der Waals surface area contributed by atoms with Crippen LogP contribution in [0.5, 0.6) is 11.5 Å². The van der Waals surface area contributed by atoms with Gasteiger partial charge in [0.2, 0.25) is 0 Å². The van der Waals surface area contributed by atoms with Gasteiger partial charge in [0.1, 0.15) is 24.1 Å². The number of halogens is 4. The van der Waals surface area contributed by atoms with E-state index < -0.39 is 29.2 Å². The summed E-state index contributed by atoms with van der Waals surface area (Å²) >= 11 is 0. The first-order chi connectivity index (χ1) is 15.8. The van der Waals surface area contributed by atoms with Gasteiger partial charge >= 0.3 is 6.18 Å². The highest BCUT2D eigenvalue weighted by Crippen LogP contribution is 2.37. The first kappa shape index (κ1) is 25.5. The number of aromatic nitrogens is 2. The van der Waals surface area contributed by atoms with Crippen LogP contribution in [-0.2, 0) is 10.9 Å². The SMILES string of the molecule is COc1cc2nc(C)nc(N[C@H](C)c3cc(F)cc(C(F)(F)F)c3)c2cc1OCC(C)(C)OC. The average molecular weight is 481 g/mol. The predicted octanol–water partition coefficient (Wildman–Crippen LogP) is 6.08. The molecule has 0 saturated carbocycles. The monoisotopic (exact) mass is 481 g/mol. The van der Waals surface area contributed by atoms with Crippen LogP contribution in [0.2, 0.25) is 0 Å². The number of nitrogens with one attached hydrogen (secondary N) is 1. The molecule has 0 aliphatic heterocycles. The average Bonchev–Trinajstić information content (AvgIpc) is 2.76. The Balaban J connectivity index is 2.02. The van der Waals surface area contributed by atoms with Crippen LogP contribution in [0.1, 0.15) is 43.8 Å². The van der Waals surface area contributed by atoms with E-state index >= 15 is 0 Å². The molecule has 1 atom stereocenters. The number of ether oxygens (including phenoxy) is 3. The number of hydrogen-bond acceptors (Lipinski definition) is 6. The molecule has 0 bridgehead atoms. The van der Waals surface area contributed by atoms with Crippen molar-refractivity contribution in [1.82, 2.24) is 9.97 Å². The summed E-state index contributed by atoms with van der Waals surface area (Å²) in [5.74, 6) is 0.716. The minimum Gasteiger partial charge on any atom is -0.493 e. The highest BCUT2D eigenvalue weighted by atomic mass is 19.4. The lowest BCUT2D eigenvalue weighted by Crippen LogP contribution is -2.30. The molecule has 0 spiro atoms. The molecule has 0 aliphatic carbocycles. The largest absolute Gasteiger partial charge is 0.493 e.